The standard InChI is InChI=1S/C13H21NO5/c1-3-10(15)4-5-11(13(17)18-2)14-12(16)9-6-7-19-8-9/h9,11H,3-8H2,1-2H3,(H,14,16)/t9-,11-/m1/s1. The number of methoxy groups -OCH3 is 1. The molecular formula is C13H21NO5. The molecule has 0 radical (unpaired) electrons. The maximum atomic E-state index is 11.9. The molecule has 0 unspecified atom stereocenters. The molecule has 0 saturated carbocycles. The van der Waals surface area contributed by atoms with Crippen LogP contribution < -0.4 is 5.32 Å². The van der Waals surface area contributed by atoms with Crippen LogP contribution >= 0.6 is 0 Å². The number of Topliss-reactive ketones (excluding diaryl/α,β-unsaturated/α-hetero) is 1. The molecule has 108 valence electrons. The average molecular weight is 271 g/mol. The predicted octanol–water partition coefficient (Wildman–Crippen LogP) is 0.440. The Morgan fingerprint density at radius 2 is 2.16 bits per heavy atom. The number of nitrogens with one attached hydrogen (secondary N) is 1. The summed E-state index contributed by atoms with van der Waals surface area (Å²) in [6.45, 7) is 2.72. The predicted molar refractivity (Wildman–Crippen MR) is 67.4 cm³/mol. The SMILES string of the molecule is CCC(=O)CC[C@@H](NC(=O)[C@@H]1CCOC1)C(=O)OC. The van der Waals surface area contributed by atoms with Crippen LogP contribution in [0.1, 0.15) is 32.6 Å². The Morgan fingerprint density at radius 1 is 1.42 bits per heavy atom. The normalized spacial score (nSPS) is 19.8. The molecule has 0 aromatic rings. The second-order valence-corrected chi connectivity index (χ2v) is 4.58. The first kappa shape index (κ1) is 15.6. The molecule has 0 bridgehead atoms. The molecule has 0 aromatic heterocycles. The highest BCUT2D eigenvalue weighted by molar-refractivity contribution is 5.86. The van der Waals surface area contributed by atoms with Gasteiger partial charge in [-0.3, -0.25) is 9.59 Å². The highest BCUT2D eigenvalue weighted by Gasteiger charge is 2.28. The summed E-state index contributed by atoms with van der Waals surface area (Å²) in [5.74, 6) is -0.880. The fraction of sp³-hybridized carbons (Fsp3) is 0.769. The molecule has 1 heterocycles. The van der Waals surface area contributed by atoms with Crippen LogP contribution in [0.4, 0.5) is 0 Å². The summed E-state index contributed by atoms with van der Waals surface area (Å²) in [6, 6.07) is -0.756. The van der Waals surface area contributed by atoms with Crippen LogP contribution in [0.3, 0.4) is 0 Å². The molecule has 0 spiro atoms. The van der Waals surface area contributed by atoms with Crippen LogP contribution in [0.5, 0.6) is 0 Å². The minimum atomic E-state index is -0.756. The van der Waals surface area contributed by atoms with Crippen molar-refractivity contribution in [1.29, 1.82) is 0 Å². The third kappa shape index (κ3) is 4.98. The zero-order chi connectivity index (χ0) is 14.3. The van der Waals surface area contributed by atoms with Gasteiger partial charge in [0.2, 0.25) is 5.91 Å². The molecular weight excluding hydrogens is 250 g/mol. The molecule has 1 amide bonds. The van der Waals surface area contributed by atoms with Crippen molar-refractivity contribution in [2.24, 2.45) is 5.92 Å². The maximum absolute atomic E-state index is 11.9. The monoisotopic (exact) mass is 271 g/mol. The van der Waals surface area contributed by atoms with Crippen LogP contribution in [-0.2, 0) is 23.9 Å². The number of hydrogen-bond donors (Lipinski definition) is 1. The summed E-state index contributed by atoms with van der Waals surface area (Å²) in [7, 11) is 1.27. The van der Waals surface area contributed by atoms with Gasteiger partial charge in [-0.1, -0.05) is 6.92 Å². The topological polar surface area (TPSA) is 81.7 Å². The van der Waals surface area contributed by atoms with Gasteiger partial charge in [-0.2, -0.15) is 0 Å². The number of hydrogen-bond acceptors (Lipinski definition) is 5. The van der Waals surface area contributed by atoms with Gasteiger partial charge in [-0.25, -0.2) is 4.79 Å². The number of carbonyl (C=O) groups excluding carboxylic acids is 3. The van der Waals surface area contributed by atoms with Crippen LogP contribution in [-0.4, -0.2) is 44.0 Å². The van der Waals surface area contributed by atoms with Gasteiger partial charge in [-0.05, 0) is 12.8 Å². The highest BCUT2D eigenvalue weighted by Crippen LogP contribution is 2.13. The third-order valence-electron chi connectivity index (χ3n) is 3.21. The summed E-state index contributed by atoms with van der Waals surface area (Å²) < 4.78 is 9.78. The van der Waals surface area contributed by atoms with Crippen LogP contribution in [0.2, 0.25) is 0 Å². The van der Waals surface area contributed by atoms with Crippen LogP contribution in [0, 0.1) is 5.92 Å². The van der Waals surface area contributed by atoms with E-state index in [9.17, 15) is 14.4 Å². The lowest BCUT2D eigenvalue weighted by atomic mass is 10.0. The highest BCUT2D eigenvalue weighted by atomic mass is 16.5. The van der Waals surface area contributed by atoms with Gasteiger partial charge >= 0.3 is 5.97 Å². The first-order valence-corrected chi connectivity index (χ1v) is 6.56. The van der Waals surface area contributed by atoms with E-state index < -0.39 is 12.0 Å². The van der Waals surface area contributed by atoms with Crippen molar-refractivity contribution in [3.05, 3.63) is 0 Å². The van der Waals surface area contributed by atoms with E-state index in [0.717, 1.165) is 0 Å². The van der Waals surface area contributed by atoms with E-state index >= 15 is 0 Å². The molecule has 1 rings (SSSR count). The first-order chi connectivity index (χ1) is 9.08. The largest absolute Gasteiger partial charge is 0.467 e. The number of ether oxygens (including phenoxy) is 2. The van der Waals surface area contributed by atoms with E-state index in [1.807, 2.05) is 0 Å². The Hall–Kier alpha value is -1.43. The van der Waals surface area contributed by atoms with Gasteiger partial charge in [0.1, 0.15) is 11.8 Å². The smallest absolute Gasteiger partial charge is 0.328 e. The van der Waals surface area contributed by atoms with Crippen molar-refractivity contribution in [2.45, 2.75) is 38.6 Å². The zero-order valence-electron chi connectivity index (χ0n) is 11.4. The average Bonchev–Trinajstić information content (AvgIpc) is 2.95. The minimum Gasteiger partial charge on any atom is -0.467 e. The van der Waals surface area contributed by atoms with E-state index in [-0.39, 0.29) is 30.4 Å². The second-order valence-electron chi connectivity index (χ2n) is 4.58. The van der Waals surface area contributed by atoms with E-state index in [1.54, 1.807) is 6.92 Å². The summed E-state index contributed by atoms with van der Waals surface area (Å²) in [4.78, 5) is 34.8. The van der Waals surface area contributed by atoms with Gasteiger partial charge in [0, 0.05) is 19.4 Å². The number of carbonyl (C=O) groups is 3. The lowest BCUT2D eigenvalue weighted by molar-refractivity contribution is -0.146. The number of amides is 1. The summed E-state index contributed by atoms with van der Waals surface area (Å²) in [6.07, 6.45) is 1.63. The Bertz CT molecular complexity index is 336. The summed E-state index contributed by atoms with van der Waals surface area (Å²) in [5, 5.41) is 2.64. The van der Waals surface area contributed by atoms with Crippen molar-refractivity contribution in [1.82, 2.24) is 5.32 Å². The van der Waals surface area contributed by atoms with E-state index in [4.69, 9.17) is 4.74 Å². The fourth-order valence-electron chi connectivity index (χ4n) is 1.90. The summed E-state index contributed by atoms with van der Waals surface area (Å²) in [5.41, 5.74) is 0. The Balaban J connectivity index is 2.50. The molecule has 1 fully saturated rings. The molecule has 1 saturated heterocycles. The number of ketones is 1. The molecule has 6 heteroatoms. The first-order valence-electron chi connectivity index (χ1n) is 6.56. The lowest BCUT2D eigenvalue weighted by Gasteiger charge is -2.18. The van der Waals surface area contributed by atoms with E-state index in [1.165, 1.54) is 7.11 Å². The Morgan fingerprint density at radius 3 is 2.68 bits per heavy atom. The Labute approximate surface area is 112 Å². The van der Waals surface area contributed by atoms with Gasteiger partial charge in [0.15, 0.2) is 0 Å². The van der Waals surface area contributed by atoms with E-state index in [2.05, 4.69) is 10.1 Å². The zero-order valence-corrected chi connectivity index (χ0v) is 11.4. The van der Waals surface area contributed by atoms with Gasteiger partial charge in [0.05, 0.1) is 19.6 Å². The molecule has 1 N–H and O–H groups in total. The van der Waals surface area contributed by atoms with Crippen molar-refractivity contribution >= 4 is 17.7 Å². The molecule has 2 atom stereocenters. The van der Waals surface area contributed by atoms with Gasteiger partial charge in [0.25, 0.3) is 0 Å². The van der Waals surface area contributed by atoms with Gasteiger partial charge in [-0.15, -0.1) is 0 Å². The van der Waals surface area contributed by atoms with E-state index in [0.29, 0.717) is 26.1 Å². The summed E-state index contributed by atoms with van der Waals surface area (Å²) >= 11 is 0. The van der Waals surface area contributed by atoms with Crippen molar-refractivity contribution in [3.8, 4) is 0 Å². The number of rotatable bonds is 7. The maximum Gasteiger partial charge on any atom is 0.328 e. The van der Waals surface area contributed by atoms with Crippen molar-refractivity contribution < 1.29 is 23.9 Å². The van der Waals surface area contributed by atoms with Gasteiger partial charge < -0.3 is 14.8 Å². The van der Waals surface area contributed by atoms with Crippen LogP contribution in [0.25, 0.3) is 0 Å². The Kier molecular flexibility index (Phi) is 6.49. The molecule has 0 aliphatic carbocycles. The second kappa shape index (κ2) is 7.89. The molecule has 6 nitrogen and oxygen atoms in total. The molecule has 1 aliphatic rings. The fourth-order valence-corrected chi connectivity index (χ4v) is 1.90. The molecule has 0 aromatic carbocycles. The van der Waals surface area contributed by atoms with Crippen molar-refractivity contribution in [2.75, 3.05) is 20.3 Å². The minimum absolute atomic E-state index is 0.0624. The molecule has 1 aliphatic heterocycles. The third-order valence-corrected chi connectivity index (χ3v) is 3.21. The lowest BCUT2D eigenvalue weighted by Crippen LogP contribution is -2.44. The van der Waals surface area contributed by atoms with Crippen LogP contribution in [0.15, 0.2) is 0 Å². The number of esters is 1. The quantitative estimate of drug-likeness (QED) is 0.679. The molecule has 19 heavy (non-hydrogen) atoms. The van der Waals surface area contributed by atoms with Crippen molar-refractivity contribution in [3.63, 3.8) is 0 Å².